The van der Waals surface area contributed by atoms with Gasteiger partial charge in [0.05, 0.1) is 6.20 Å². The molecule has 20 heavy (non-hydrogen) atoms. The molecule has 0 unspecified atom stereocenters. The summed E-state index contributed by atoms with van der Waals surface area (Å²) in [6, 6.07) is 11.8. The summed E-state index contributed by atoms with van der Waals surface area (Å²) in [5.74, 6) is 0.670. The standard InChI is InChI=1S/C16H14N2O2/c1-12-5-2-3-6-13(12)11-20-15-7-4-8-18-14(10-19)9-17-16(15)18/h2-10H,11H2,1H3. The Morgan fingerprint density at radius 1 is 1.25 bits per heavy atom. The first kappa shape index (κ1) is 12.4. The van der Waals surface area contributed by atoms with Gasteiger partial charge in [0.25, 0.3) is 0 Å². The number of pyridine rings is 1. The van der Waals surface area contributed by atoms with Gasteiger partial charge in [-0.25, -0.2) is 4.98 Å². The van der Waals surface area contributed by atoms with Crippen molar-refractivity contribution in [1.82, 2.24) is 9.38 Å². The average Bonchev–Trinajstić information content (AvgIpc) is 2.90. The van der Waals surface area contributed by atoms with Crippen LogP contribution in [0.5, 0.6) is 5.75 Å². The minimum absolute atomic E-state index is 0.482. The topological polar surface area (TPSA) is 43.6 Å². The van der Waals surface area contributed by atoms with Gasteiger partial charge in [-0.2, -0.15) is 0 Å². The number of aromatic nitrogens is 2. The molecule has 3 rings (SSSR count). The number of hydrogen-bond acceptors (Lipinski definition) is 3. The largest absolute Gasteiger partial charge is 0.485 e. The normalized spacial score (nSPS) is 10.7. The maximum atomic E-state index is 10.9. The number of aryl methyl sites for hydroxylation is 1. The van der Waals surface area contributed by atoms with E-state index in [1.54, 1.807) is 16.8 Å². The van der Waals surface area contributed by atoms with Crippen LogP contribution in [0.2, 0.25) is 0 Å². The van der Waals surface area contributed by atoms with Crippen LogP contribution < -0.4 is 4.74 Å². The molecule has 1 aromatic carbocycles. The van der Waals surface area contributed by atoms with E-state index >= 15 is 0 Å². The highest BCUT2D eigenvalue weighted by Gasteiger charge is 2.08. The Labute approximate surface area is 116 Å². The number of aldehydes is 1. The minimum atomic E-state index is 0.482. The Morgan fingerprint density at radius 3 is 2.90 bits per heavy atom. The van der Waals surface area contributed by atoms with Gasteiger partial charge in [-0.15, -0.1) is 0 Å². The third-order valence-corrected chi connectivity index (χ3v) is 3.29. The predicted octanol–water partition coefficient (Wildman–Crippen LogP) is 3.03. The number of carbonyl (C=O) groups excluding carboxylic acids is 1. The van der Waals surface area contributed by atoms with E-state index in [0.29, 0.717) is 23.7 Å². The van der Waals surface area contributed by atoms with Gasteiger partial charge in [0.2, 0.25) is 0 Å². The molecule has 3 aromatic rings. The summed E-state index contributed by atoms with van der Waals surface area (Å²) in [6.07, 6.45) is 4.13. The minimum Gasteiger partial charge on any atom is -0.485 e. The van der Waals surface area contributed by atoms with Gasteiger partial charge in [-0.05, 0) is 30.2 Å². The summed E-state index contributed by atoms with van der Waals surface area (Å²) in [4.78, 5) is 15.1. The van der Waals surface area contributed by atoms with Crippen molar-refractivity contribution in [1.29, 1.82) is 0 Å². The summed E-state index contributed by atoms with van der Waals surface area (Å²) in [5.41, 5.74) is 3.50. The first-order chi connectivity index (χ1) is 9.79. The number of imidazole rings is 1. The zero-order valence-corrected chi connectivity index (χ0v) is 11.1. The van der Waals surface area contributed by atoms with E-state index in [1.807, 2.05) is 30.3 Å². The van der Waals surface area contributed by atoms with Crippen molar-refractivity contribution >= 4 is 11.9 Å². The molecule has 0 N–H and O–H groups in total. The molecule has 2 aromatic heterocycles. The number of nitrogens with zero attached hydrogens (tertiary/aromatic N) is 2. The Bertz CT molecular complexity index is 762. The fourth-order valence-electron chi connectivity index (χ4n) is 2.13. The molecule has 0 aliphatic carbocycles. The molecular formula is C16H14N2O2. The Balaban J connectivity index is 1.90. The zero-order chi connectivity index (χ0) is 13.9. The Morgan fingerprint density at radius 2 is 2.10 bits per heavy atom. The molecule has 4 heteroatoms. The third kappa shape index (κ3) is 2.16. The van der Waals surface area contributed by atoms with Crippen molar-refractivity contribution < 1.29 is 9.53 Å². The van der Waals surface area contributed by atoms with Crippen molar-refractivity contribution in [3.63, 3.8) is 0 Å². The van der Waals surface area contributed by atoms with Crippen LogP contribution in [0.15, 0.2) is 48.8 Å². The molecule has 0 fully saturated rings. The van der Waals surface area contributed by atoms with Crippen LogP contribution in [-0.4, -0.2) is 15.7 Å². The lowest BCUT2D eigenvalue weighted by Gasteiger charge is -2.09. The SMILES string of the molecule is Cc1ccccc1COc1cccn2c(C=O)cnc12. The van der Waals surface area contributed by atoms with Crippen molar-refractivity contribution in [3.8, 4) is 5.75 Å². The zero-order valence-electron chi connectivity index (χ0n) is 11.1. The van der Waals surface area contributed by atoms with Gasteiger partial charge in [0.1, 0.15) is 12.3 Å². The quantitative estimate of drug-likeness (QED) is 0.682. The highest BCUT2D eigenvalue weighted by Crippen LogP contribution is 2.20. The van der Waals surface area contributed by atoms with E-state index in [0.717, 1.165) is 11.8 Å². The van der Waals surface area contributed by atoms with E-state index in [1.165, 1.54) is 5.56 Å². The molecule has 4 nitrogen and oxygen atoms in total. The monoisotopic (exact) mass is 266 g/mol. The van der Waals surface area contributed by atoms with Crippen LogP contribution in [0.3, 0.4) is 0 Å². The van der Waals surface area contributed by atoms with Crippen LogP contribution in [0.25, 0.3) is 5.65 Å². The van der Waals surface area contributed by atoms with Gasteiger partial charge in [0.15, 0.2) is 17.7 Å². The fourth-order valence-corrected chi connectivity index (χ4v) is 2.13. The first-order valence-corrected chi connectivity index (χ1v) is 6.38. The highest BCUT2D eigenvalue weighted by atomic mass is 16.5. The lowest BCUT2D eigenvalue weighted by Crippen LogP contribution is -2.00. The second-order valence-electron chi connectivity index (χ2n) is 4.58. The molecule has 0 aliphatic heterocycles. The maximum absolute atomic E-state index is 10.9. The lowest BCUT2D eigenvalue weighted by molar-refractivity contribution is 0.111. The van der Waals surface area contributed by atoms with Crippen molar-refractivity contribution in [2.24, 2.45) is 0 Å². The number of fused-ring (bicyclic) bond motifs is 1. The third-order valence-electron chi connectivity index (χ3n) is 3.29. The first-order valence-electron chi connectivity index (χ1n) is 6.38. The molecule has 0 saturated carbocycles. The summed E-state index contributed by atoms with van der Waals surface area (Å²) in [6.45, 7) is 2.54. The molecule has 0 amide bonds. The van der Waals surface area contributed by atoms with Gasteiger partial charge in [-0.3, -0.25) is 9.20 Å². The number of ether oxygens (including phenoxy) is 1. The van der Waals surface area contributed by atoms with Crippen LogP contribution in [0.4, 0.5) is 0 Å². The second-order valence-corrected chi connectivity index (χ2v) is 4.58. The van der Waals surface area contributed by atoms with Crippen LogP contribution in [-0.2, 0) is 6.61 Å². The molecule has 2 heterocycles. The average molecular weight is 266 g/mol. The highest BCUT2D eigenvalue weighted by molar-refractivity contribution is 5.75. The van der Waals surface area contributed by atoms with Gasteiger partial charge >= 0.3 is 0 Å². The summed E-state index contributed by atoms with van der Waals surface area (Å²) in [7, 11) is 0. The molecule has 0 radical (unpaired) electrons. The smallest absolute Gasteiger partial charge is 0.180 e. The van der Waals surface area contributed by atoms with Crippen LogP contribution in [0.1, 0.15) is 21.6 Å². The molecule has 0 atom stereocenters. The summed E-state index contributed by atoms with van der Waals surface area (Å²) < 4.78 is 7.57. The van der Waals surface area contributed by atoms with Crippen LogP contribution >= 0.6 is 0 Å². The number of carbonyl (C=O) groups is 1. The molecule has 0 saturated heterocycles. The second kappa shape index (κ2) is 5.17. The van der Waals surface area contributed by atoms with Gasteiger partial charge in [0, 0.05) is 6.20 Å². The lowest BCUT2D eigenvalue weighted by atomic mass is 10.1. The van der Waals surface area contributed by atoms with Crippen molar-refractivity contribution in [3.05, 3.63) is 65.6 Å². The van der Waals surface area contributed by atoms with E-state index < -0.39 is 0 Å². The van der Waals surface area contributed by atoms with Crippen LogP contribution in [0, 0.1) is 6.92 Å². The van der Waals surface area contributed by atoms with E-state index in [9.17, 15) is 4.79 Å². The Hall–Kier alpha value is -2.62. The maximum Gasteiger partial charge on any atom is 0.180 e. The van der Waals surface area contributed by atoms with Gasteiger partial charge in [-0.1, -0.05) is 24.3 Å². The molecule has 0 aliphatic rings. The van der Waals surface area contributed by atoms with E-state index in [4.69, 9.17) is 4.74 Å². The number of hydrogen-bond donors (Lipinski definition) is 0. The number of benzene rings is 1. The van der Waals surface area contributed by atoms with Crippen molar-refractivity contribution in [2.45, 2.75) is 13.5 Å². The van der Waals surface area contributed by atoms with E-state index in [2.05, 4.69) is 18.0 Å². The van der Waals surface area contributed by atoms with E-state index in [-0.39, 0.29) is 0 Å². The van der Waals surface area contributed by atoms with Gasteiger partial charge < -0.3 is 4.74 Å². The molecular weight excluding hydrogens is 252 g/mol. The fraction of sp³-hybridized carbons (Fsp3) is 0.125. The molecule has 100 valence electrons. The molecule has 0 spiro atoms. The number of rotatable bonds is 4. The summed E-state index contributed by atoms with van der Waals surface area (Å²) >= 11 is 0. The molecule has 0 bridgehead atoms. The predicted molar refractivity (Wildman–Crippen MR) is 76.1 cm³/mol. The van der Waals surface area contributed by atoms with Crippen molar-refractivity contribution in [2.75, 3.05) is 0 Å². The summed E-state index contributed by atoms with van der Waals surface area (Å²) in [5, 5.41) is 0. The Kier molecular flexibility index (Phi) is 3.21.